The standard InChI is InChI=1S/C17H28BrNO2/c1-17(2,3)19-10-8-6-7-9-13-11-15(20-4)16(21-5)12-14(13)18/h11-12,19H,6-10H2,1-5H3. The number of aryl methyl sites for hydroxylation is 1. The van der Waals surface area contributed by atoms with Crippen molar-refractivity contribution in [1.29, 1.82) is 0 Å². The van der Waals surface area contributed by atoms with Crippen LogP contribution in [0.3, 0.4) is 0 Å². The normalized spacial score (nSPS) is 11.5. The van der Waals surface area contributed by atoms with Crippen molar-refractivity contribution in [3.05, 3.63) is 22.2 Å². The third-order valence-corrected chi connectivity index (χ3v) is 4.07. The molecule has 0 aliphatic rings. The first-order valence-corrected chi connectivity index (χ1v) is 8.32. The minimum absolute atomic E-state index is 0.215. The Morgan fingerprint density at radius 1 is 1.00 bits per heavy atom. The fourth-order valence-electron chi connectivity index (χ4n) is 2.17. The van der Waals surface area contributed by atoms with E-state index in [1.54, 1.807) is 14.2 Å². The van der Waals surface area contributed by atoms with Crippen molar-refractivity contribution in [2.45, 2.75) is 52.0 Å². The van der Waals surface area contributed by atoms with Crippen LogP contribution in [0.1, 0.15) is 45.6 Å². The minimum Gasteiger partial charge on any atom is -0.493 e. The van der Waals surface area contributed by atoms with E-state index in [-0.39, 0.29) is 5.54 Å². The Kier molecular flexibility index (Phi) is 7.53. The molecule has 0 aliphatic heterocycles. The Hall–Kier alpha value is -0.740. The van der Waals surface area contributed by atoms with Gasteiger partial charge in [-0.25, -0.2) is 0 Å². The zero-order valence-corrected chi connectivity index (χ0v) is 15.5. The van der Waals surface area contributed by atoms with Crippen LogP contribution in [-0.2, 0) is 6.42 Å². The number of rotatable bonds is 8. The molecule has 0 fully saturated rings. The SMILES string of the molecule is COc1cc(Br)c(CCCCCNC(C)(C)C)cc1OC. The summed E-state index contributed by atoms with van der Waals surface area (Å²) in [6.45, 7) is 7.69. The number of methoxy groups -OCH3 is 2. The van der Waals surface area contributed by atoms with E-state index in [0.29, 0.717) is 0 Å². The average Bonchev–Trinajstić information content (AvgIpc) is 2.42. The van der Waals surface area contributed by atoms with Crippen LogP contribution in [0.5, 0.6) is 11.5 Å². The average molecular weight is 358 g/mol. The van der Waals surface area contributed by atoms with Crippen molar-refractivity contribution in [3.63, 3.8) is 0 Å². The first-order valence-electron chi connectivity index (χ1n) is 7.53. The van der Waals surface area contributed by atoms with Gasteiger partial charge < -0.3 is 14.8 Å². The molecule has 3 nitrogen and oxygen atoms in total. The van der Waals surface area contributed by atoms with Crippen LogP contribution in [0.2, 0.25) is 0 Å². The molecular weight excluding hydrogens is 330 g/mol. The zero-order chi connectivity index (χ0) is 15.9. The molecule has 0 atom stereocenters. The van der Waals surface area contributed by atoms with Gasteiger partial charge in [-0.1, -0.05) is 22.4 Å². The Morgan fingerprint density at radius 3 is 2.19 bits per heavy atom. The lowest BCUT2D eigenvalue weighted by atomic mass is 10.1. The van der Waals surface area contributed by atoms with Gasteiger partial charge >= 0.3 is 0 Å². The molecule has 0 aliphatic carbocycles. The fourth-order valence-corrected chi connectivity index (χ4v) is 2.69. The quantitative estimate of drug-likeness (QED) is 0.691. The molecule has 0 unspecified atom stereocenters. The molecule has 0 radical (unpaired) electrons. The van der Waals surface area contributed by atoms with Gasteiger partial charge in [0.15, 0.2) is 11.5 Å². The Morgan fingerprint density at radius 2 is 1.62 bits per heavy atom. The molecule has 0 saturated heterocycles. The third-order valence-electron chi connectivity index (χ3n) is 3.33. The van der Waals surface area contributed by atoms with Gasteiger partial charge in [-0.3, -0.25) is 0 Å². The van der Waals surface area contributed by atoms with Crippen molar-refractivity contribution in [3.8, 4) is 11.5 Å². The van der Waals surface area contributed by atoms with E-state index in [1.165, 1.54) is 24.8 Å². The van der Waals surface area contributed by atoms with E-state index in [1.807, 2.05) is 6.07 Å². The van der Waals surface area contributed by atoms with Crippen LogP contribution < -0.4 is 14.8 Å². The Bertz CT molecular complexity index is 441. The summed E-state index contributed by atoms with van der Waals surface area (Å²) in [6.07, 6.45) is 4.67. The third kappa shape index (κ3) is 6.70. The molecule has 0 bridgehead atoms. The molecule has 4 heteroatoms. The molecule has 0 spiro atoms. The van der Waals surface area contributed by atoms with Crippen molar-refractivity contribution in [2.24, 2.45) is 0 Å². The number of benzene rings is 1. The molecule has 21 heavy (non-hydrogen) atoms. The van der Waals surface area contributed by atoms with Crippen LogP contribution >= 0.6 is 15.9 Å². The van der Waals surface area contributed by atoms with Gasteiger partial charge in [0.2, 0.25) is 0 Å². The summed E-state index contributed by atoms with van der Waals surface area (Å²) in [5.41, 5.74) is 1.49. The van der Waals surface area contributed by atoms with Gasteiger partial charge in [-0.15, -0.1) is 0 Å². The van der Waals surface area contributed by atoms with Crippen LogP contribution in [0.15, 0.2) is 16.6 Å². The van der Waals surface area contributed by atoms with E-state index in [9.17, 15) is 0 Å². The number of nitrogens with one attached hydrogen (secondary N) is 1. The molecule has 0 heterocycles. The molecule has 1 aromatic rings. The first-order chi connectivity index (χ1) is 9.87. The number of ether oxygens (including phenoxy) is 2. The summed E-state index contributed by atoms with van der Waals surface area (Å²) in [5, 5.41) is 3.52. The number of hydrogen-bond donors (Lipinski definition) is 1. The maximum absolute atomic E-state index is 5.36. The molecule has 0 aromatic heterocycles. The molecule has 1 rings (SSSR count). The first kappa shape index (κ1) is 18.3. The smallest absolute Gasteiger partial charge is 0.161 e. The van der Waals surface area contributed by atoms with Crippen LogP contribution in [-0.4, -0.2) is 26.3 Å². The lowest BCUT2D eigenvalue weighted by Crippen LogP contribution is -2.36. The predicted molar refractivity (Wildman–Crippen MR) is 92.6 cm³/mol. The molecule has 0 amide bonds. The Balaban J connectivity index is 2.42. The maximum Gasteiger partial charge on any atom is 0.161 e. The number of unbranched alkanes of at least 4 members (excludes halogenated alkanes) is 2. The summed E-state index contributed by atoms with van der Waals surface area (Å²) >= 11 is 3.61. The van der Waals surface area contributed by atoms with Gasteiger partial charge in [0.25, 0.3) is 0 Å². The minimum atomic E-state index is 0.215. The van der Waals surface area contributed by atoms with E-state index in [2.05, 4.69) is 48.1 Å². The monoisotopic (exact) mass is 357 g/mol. The summed E-state index contributed by atoms with van der Waals surface area (Å²) in [7, 11) is 3.33. The van der Waals surface area contributed by atoms with E-state index < -0.39 is 0 Å². The second-order valence-electron chi connectivity index (χ2n) is 6.29. The van der Waals surface area contributed by atoms with Gasteiger partial charge in [-0.2, -0.15) is 0 Å². The van der Waals surface area contributed by atoms with E-state index in [0.717, 1.165) is 28.9 Å². The highest BCUT2D eigenvalue weighted by molar-refractivity contribution is 9.10. The number of hydrogen-bond acceptors (Lipinski definition) is 3. The summed E-state index contributed by atoms with van der Waals surface area (Å²) in [5.74, 6) is 1.56. The van der Waals surface area contributed by atoms with Crippen molar-refractivity contribution in [1.82, 2.24) is 5.32 Å². The number of halogens is 1. The van der Waals surface area contributed by atoms with E-state index in [4.69, 9.17) is 9.47 Å². The van der Waals surface area contributed by atoms with Crippen molar-refractivity contribution in [2.75, 3.05) is 20.8 Å². The lowest BCUT2D eigenvalue weighted by molar-refractivity contribution is 0.354. The highest BCUT2D eigenvalue weighted by Gasteiger charge is 2.10. The second kappa shape index (κ2) is 8.64. The summed E-state index contributed by atoms with van der Waals surface area (Å²) < 4.78 is 11.7. The van der Waals surface area contributed by atoms with Gasteiger partial charge in [0.05, 0.1) is 14.2 Å². The largest absolute Gasteiger partial charge is 0.493 e. The zero-order valence-electron chi connectivity index (χ0n) is 13.9. The molecular formula is C17H28BrNO2. The van der Waals surface area contributed by atoms with Crippen LogP contribution in [0.25, 0.3) is 0 Å². The second-order valence-corrected chi connectivity index (χ2v) is 7.14. The van der Waals surface area contributed by atoms with Crippen molar-refractivity contribution >= 4 is 15.9 Å². The maximum atomic E-state index is 5.36. The molecule has 120 valence electrons. The van der Waals surface area contributed by atoms with Gasteiger partial charge in [0.1, 0.15) is 0 Å². The van der Waals surface area contributed by atoms with E-state index >= 15 is 0 Å². The fraction of sp³-hybridized carbons (Fsp3) is 0.647. The van der Waals surface area contributed by atoms with Crippen LogP contribution in [0, 0.1) is 0 Å². The lowest BCUT2D eigenvalue weighted by Gasteiger charge is -2.20. The summed E-state index contributed by atoms with van der Waals surface area (Å²) in [4.78, 5) is 0. The predicted octanol–water partition coefficient (Wildman–Crippen LogP) is 4.57. The van der Waals surface area contributed by atoms with Crippen molar-refractivity contribution < 1.29 is 9.47 Å². The molecule has 0 saturated carbocycles. The Labute approximate surface area is 137 Å². The molecule has 1 aromatic carbocycles. The van der Waals surface area contributed by atoms with Gasteiger partial charge in [0, 0.05) is 10.0 Å². The molecule has 1 N–H and O–H groups in total. The van der Waals surface area contributed by atoms with Gasteiger partial charge in [-0.05, 0) is 64.3 Å². The highest BCUT2D eigenvalue weighted by Crippen LogP contribution is 2.33. The van der Waals surface area contributed by atoms with Crippen LogP contribution in [0.4, 0.5) is 0 Å². The topological polar surface area (TPSA) is 30.5 Å². The summed E-state index contributed by atoms with van der Waals surface area (Å²) in [6, 6.07) is 4.05. The highest BCUT2D eigenvalue weighted by atomic mass is 79.9.